The standard InChI is InChI=1S/C24H18F2N6O2/c25-15-4-3-5-16(10-15)30-22(17-6-1-2-7-18(17)26)23-21(28-13-29-23)14-8-9-20-27-11-19(24(33)31-34)32(20)12-14/h1-13,22,30,34H,(H,28,29)(H,31,33). The lowest BCUT2D eigenvalue weighted by Crippen LogP contribution is -2.20. The number of carbonyl (C=O) groups excluding carboxylic acids is 1. The number of imidazole rings is 2. The van der Waals surface area contributed by atoms with Gasteiger partial charge in [0.2, 0.25) is 0 Å². The van der Waals surface area contributed by atoms with Gasteiger partial charge in [0.1, 0.15) is 23.0 Å². The number of H-pyrrole nitrogens is 1. The maximum absolute atomic E-state index is 14.9. The van der Waals surface area contributed by atoms with E-state index in [4.69, 9.17) is 5.21 Å². The molecule has 0 bridgehead atoms. The van der Waals surface area contributed by atoms with E-state index in [1.165, 1.54) is 35.1 Å². The van der Waals surface area contributed by atoms with Crippen molar-refractivity contribution in [1.29, 1.82) is 0 Å². The van der Waals surface area contributed by atoms with E-state index in [1.807, 2.05) is 0 Å². The number of aromatic amines is 1. The highest BCUT2D eigenvalue weighted by Crippen LogP contribution is 2.33. The Labute approximate surface area is 191 Å². The maximum atomic E-state index is 14.9. The second-order valence-electron chi connectivity index (χ2n) is 7.50. The Morgan fingerprint density at radius 2 is 1.91 bits per heavy atom. The van der Waals surface area contributed by atoms with Crippen LogP contribution in [0.15, 0.2) is 79.4 Å². The summed E-state index contributed by atoms with van der Waals surface area (Å²) in [5.41, 5.74) is 4.63. The number of fused-ring (bicyclic) bond motifs is 1. The van der Waals surface area contributed by atoms with Crippen LogP contribution in [0.5, 0.6) is 0 Å². The second-order valence-corrected chi connectivity index (χ2v) is 7.50. The fourth-order valence-corrected chi connectivity index (χ4v) is 3.86. The monoisotopic (exact) mass is 460 g/mol. The lowest BCUT2D eigenvalue weighted by atomic mass is 9.99. The normalized spacial score (nSPS) is 12.0. The SMILES string of the molecule is O=C(NO)c1cnc2ccc(-c3nc[nH]c3C(Nc3cccc(F)c3)c3ccccc3F)cn12. The van der Waals surface area contributed by atoms with Crippen LogP contribution in [0.25, 0.3) is 16.9 Å². The molecule has 8 nitrogen and oxygen atoms in total. The summed E-state index contributed by atoms with van der Waals surface area (Å²) >= 11 is 0. The molecule has 0 saturated carbocycles. The molecule has 0 aliphatic carbocycles. The molecule has 5 aromatic rings. The quantitative estimate of drug-likeness (QED) is 0.223. The fraction of sp³-hybridized carbons (Fsp3) is 0.0417. The van der Waals surface area contributed by atoms with Gasteiger partial charge in [-0.2, -0.15) is 0 Å². The molecule has 10 heteroatoms. The average Bonchev–Trinajstić information content (AvgIpc) is 3.49. The summed E-state index contributed by atoms with van der Waals surface area (Å²) in [5, 5.41) is 12.2. The third kappa shape index (κ3) is 3.86. The van der Waals surface area contributed by atoms with Crippen LogP contribution in [0.2, 0.25) is 0 Å². The highest BCUT2D eigenvalue weighted by molar-refractivity contribution is 5.92. The van der Waals surface area contributed by atoms with Gasteiger partial charge in [0.25, 0.3) is 5.91 Å². The number of benzene rings is 2. The summed E-state index contributed by atoms with van der Waals surface area (Å²) in [6.07, 6.45) is 4.46. The second kappa shape index (κ2) is 8.75. The van der Waals surface area contributed by atoms with Gasteiger partial charge in [0.15, 0.2) is 0 Å². The van der Waals surface area contributed by atoms with Crippen LogP contribution in [0.3, 0.4) is 0 Å². The van der Waals surface area contributed by atoms with Crippen LogP contribution in [0.4, 0.5) is 14.5 Å². The van der Waals surface area contributed by atoms with Crippen molar-refractivity contribution in [2.24, 2.45) is 0 Å². The largest absolute Gasteiger partial charge is 0.373 e. The zero-order valence-electron chi connectivity index (χ0n) is 17.5. The number of hydroxylamine groups is 1. The van der Waals surface area contributed by atoms with Gasteiger partial charge < -0.3 is 10.3 Å². The highest BCUT2D eigenvalue weighted by atomic mass is 19.1. The van der Waals surface area contributed by atoms with Crippen LogP contribution in [-0.4, -0.2) is 30.5 Å². The molecule has 34 heavy (non-hydrogen) atoms. The number of hydrogen-bond donors (Lipinski definition) is 4. The number of halogens is 2. The van der Waals surface area contributed by atoms with Crippen LogP contribution >= 0.6 is 0 Å². The number of carbonyl (C=O) groups is 1. The minimum atomic E-state index is -0.737. The lowest BCUT2D eigenvalue weighted by Gasteiger charge is -2.21. The lowest BCUT2D eigenvalue weighted by molar-refractivity contribution is 0.0699. The van der Waals surface area contributed by atoms with E-state index in [2.05, 4.69) is 20.3 Å². The zero-order chi connectivity index (χ0) is 23.7. The first-order valence-corrected chi connectivity index (χ1v) is 10.3. The summed E-state index contributed by atoms with van der Waals surface area (Å²) in [4.78, 5) is 23.7. The Kier molecular flexibility index (Phi) is 5.48. The van der Waals surface area contributed by atoms with Gasteiger partial charge in [-0.05, 0) is 36.4 Å². The van der Waals surface area contributed by atoms with E-state index in [0.717, 1.165) is 0 Å². The van der Waals surface area contributed by atoms with Gasteiger partial charge in [-0.1, -0.05) is 24.3 Å². The minimum absolute atomic E-state index is 0.125. The molecule has 0 spiro atoms. The molecular weight excluding hydrogens is 442 g/mol. The molecule has 1 amide bonds. The number of nitrogens with one attached hydrogen (secondary N) is 3. The maximum Gasteiger partial charge on any atom is 0.293 e. The molecule has 170 valence electrons. The Hall–Kier alpha value is -4.57. The smallest absolute Gasteiger partial charge is 0.293 e. The number of pyridine rings is 1. The molecule has 3 heterocycles. The molecule has 4 N–H and O–H groups in total. The predicted molar refractivity (Wildman–Crippen MR) is 120 cm³/mol. The van der Waals surface area contributed by atoms with E-state index in [0.29, 0.717) is 33.8 Å². The summed E-state index contributed by atoms with van der Waals surface area (Å²) in [6.45, 7) is 0. The minimum Gasteiger partial charge on any atom is -0.373 e. The van der Waals surface area contributed by atoms with Gasteiger partial charge in [-0.3, -0.25) is 14.4 Å². The summed E-state index contributed by atoms with van der Waals surface area (Å²) in [6, 6.07) is 14.9. The molecule has 1 unspecified atom stereocenters. The third-order valence-corrected chi connectivity index (χ3v) is 5.42. The predicted octanol–water partition coefficient (Wildman–Crippen LogP) is 4.32. The number of nitrogens with zero attached hydrogens (tertiary/aromatic N) is 3. The first kappa shape index (κ1) is 21.3. The number of anilines is 1. The Bertz CT molecular complexity index is 1500. The number of amides is 1. The van der Waals surface area contributed by atoms with E-state index >= 15 is 0 Å². The molecule has 3 aromatic heterocycles. The molecule has 0 aliphatic rings. The van der Waals surface area contributed by atoms with Crippen LogP contribution in [-0.2, 0) is 0 Å². The first-order valence-electron chi connectivity index (χ1n) is 10.3. The average molecular weight is 460 g/mol. The molecule has 0 saturated heterocycles. The molecular formula is C24H18F2N6O2. The Morgan fingerprint density at radius 1 is 1.06 bits per heavy atom. The third-order valence-electron chi connectivity index (χ3n) is 5.42. The summed E-state index contributed by atoms with van der Waals surface area (Å²) < 4.78 is 30.2. The first-order chi connectivity index (χ1) is 16.5. The van der Waals surface area contributed by atoms with E-state index in [-0.39, 0.29) is 5.69 Å². The van der Waals surface area contributed by atoms with E-state index in [9.17, 15) is 13.6 Å². The van der Waals surface area contributed by atoms with Crippen molar-refractivity contribution in [2.75, 3.05) is 5.32 Å². The van der Waals surface area contributed by atoms with E-state index < -0.39 is 23.6 Å². The van der Waals surface area contributed by atoms with Crippen LogP contribution < -0.4 is 10.8 Å². The summed E-state index contributed by atoms with van der Waals surface area (Å²) in [7, 11) is 0. The van der Waals surface area contributed by atoms with Crippen molar-refractivity contribution in [3.63, 3.8) is 0 Å². The van der Waals surface area contributed by atoms with Gasteiger partial charge in [0, 0.05) is 23.0 Å². The molecule has 0 fully saturated rings. The Morgan fingerprint density at radius 3 is 2.71 bits per heavy atom. The Balaban J connectivity index is 1.63. The zero-order valence-corrected chi connectivity index (χ0v) is 17.5. The molecule has 2 aromatic carbocycles. The topological polar surface area (TPSA) is 107 Å². The highest BCUT2D eigenvalue weighted by Gasteiger charge is 2.24. The number of hydrogen-bond acceptors (Lipinski definition) is 5. The molecule has 0 radical (unpaired) electrons. The molecule has 5 rings (SSSR count). The van der Waals surface area contributed by atoms with Crippen LogP contribution in [0, 0.1) is 11.6 Å². The van der Waals surface area contributed by atoms with Crippen LogP contribution in [0.1, 0.15) is 27.8 Å². The molecule has 0 aliphatic heterocycles. The van der Waals surface area contributed by atoms with Gasteiger partial charge >= 0.3 is 0 Å². The van der Waals surface area contributed by atoms with Crippen molar-refractivity contribution < 1.29 is 18.8 Å². The summed E-state index contributed by atoms with van der Waals surface area (Å²) in [5.74, 6) is -1.59. The van der Waals surface area contributed by atoms with Gasteiger partial charge in [-0.15, -0.1) is 0 Å². The fourth-order valence-electron chi connectivity index (χ4n) is 3.86. The number of rotatable bonds is 6. The van der Waals surface area contributed by atoms with Crippen molar-refractivity contribution >= 4 is 17.2 Å². The molecule has 1 atom stereocenters. The van der Waals surface area contributed by atoms with Crippen molar-refractivity contribution in [2.45, 2.75) is 6.04 Å². The van der Waals surface area contributed by atoms with Gasteiger partial charge in [0.05, 0.1) is 30.0 Å². The van der Waals surface area contributed by atoms with Crippen molar-refractivity contribution in [3.8, 4) is 11.3 Å². The van der Waals surface area contributed by atoms with Crippen molar-refractivity contribution in [3.05, 3.63) is 108 Å². The van der Waals surface area contributed by atoms with Gasteiger partial charge in [-0.25, -0.2) is 24.2 Å². The number of aromatic nitrogens is 4. The van der Waals surface area contributed by atoms with Crippen molar-refractivity contribution in [1.82, 2.24) is 24.8 Å². The van der Waals surface area contributed by atoms with E-state index in [1.54, 1.807) is 54.1 Å².